The molecule has 1 heterocycles. The summed E-state index contributed by atoms with van der Waals surface area (Å²) in [6, 6.07) is 47.8. The van der Waals surface area contributed by atoms with Gasteiger partial charge in [0.2, 0.25) is 0 Å². The van der Waals surface area contributed by atoms with Crippen LogP contribution in [-0.4, -0.2) is 18.0 Å². The Morgan fingerprint density at radius 3 is 2.04 bits per heavy atom. The van der Waals surface area contributed by atoms with Crippen LogP contribution in [0.2, 0.25) is 0 Å². The van der Waals surface area contributed by atoms with Crippen molar-refractivity contribution in [2.75, 3.05) is 7.05 Å². The van der Waals surface area contributed by atoms with Gasteiger partial charge in [-0.2, -0.15) is 0 Å². The van der Waals surface area contributed by atoms with Crippen LogP contribution >= 0.6 is 0 Å². The summed E-state index contributed by atoms with van der Waals surface area (Å²) in [7, 11) is 2.31. The van der Waals surface area contributed by atoms with Crippen molar-refractivity contribution in [1.29, 1.82) is 0 Å². The van der Waals surface area contributed by atoms with Gasteiger partial charge >= 0.3 is 0 Å². The lowest BCUT2D eigenvalue weighted by Gasteiger charge is -2.40. The molecule has 0 aromatic heterocycles. The standard InChI is InChI=1S/C49H49N/c1-49(2)45-26-15-14-25-41(45)42-29-27-40(33-46(42)49)48-34-43(37-22-12-7-13-23-37)44-32-39(28-30-47(44)50(48)3)38-24-16-21-36(31-38)20-9-5-4-8-17-35-18-10-6-11-19-35/h6-7,10-16,18-19,21-27,29,31-34,47H,4-5,8-9,17,20,28,30H2,1-3H3. The molecule has 0 fully saturated rings. The van der Waals surface area contributed by atoms with Crippen LogP contribution in [0.15, 0.2) is 145 Å². The number of likely N-dealkylation sites (N-methyl/N-ethyl adjacent to an activating group) is 1. The molecule has 1 unspecified atom stereocenters. The van der Waals surface area contributed by atoms with E-state index in [2.05, 4.69) is 165 Å². The van der Waals surface area contributed by atoms with Gasteiger partial charge in [-0.1, -0.05) is 154 Å². The Kier molecular flexibility index (Phi) is 8.92. The Hall–Kier alpha value is -4.88. The molecule has 5 aromatic carbocycles. The average molecular weight is 652 g/mol. The summed E-state index contributed by atoms with van der Waals surface area (Å²) in [4.78, 5) is 2.56. The zero-order valence-electron chi connectivity index (χ0n) is 30.0. The van der Waals surface area contributed by atoms with Crippen molar-refractivity contribution in [3.63, 3.8) is 0 Å². The van der Waals surface area contributed by atoms with Crippen LogP contribution in [0.4, 0.5) is 0 Å². The smallest absolute Gasteiger partial charge is 0.0548 e. The minimum Gasteiger partial charge on any atom is -0.367 e. The number of fused-ring (bicyclic) bond motifs is 4. The molecule has 5 aromatic rings. The first-order valence-electron chi connectivity index (χ1n) is 18.8. The topological polar surface area (TPSA) is 3.24 Å². The van der Waals surface area contributed by atoms with Crippen molar-refractivity contribution in [3.05, 3.63) is 184 Å². The molecule has 250 valence electrons. The first-order valence-corrected chi connectivity index (χ1v) is 18.8. The van der Waals surface area contributed by atoms with Crippen LogP contribution in [0.5, 0.6) is 0 Å². The highest BCUT2D eigenvalue weighted by molar-refractivity contribution is 5.92. The van der Waals surface area contributed by atoms with Gasteiger partial charge in [-0.25, -0.2) is 0 Å². The van der Waals surface area contributed by atoms with Crippen LogP contribution in [-0.2, 0) is 18.3 Å². The largest absolute Gasteiger partial charge is 0.367 e. The molecule has 0 radical (unpaired) electrons. The molecular weight excluding hydrogens is 603 g/mol. The van der Waals surface area contributed by atoms with Gasteiger partial charge in [-0.05, 0) is 117 Å². The van der Waals surface area contributed by atoms with Crippen molar-refractivity contribution in [1.82, 2.24) is 4.90 Å². The first-order chi connectivity index (χ1) is 24.5. The van der Waals surface area contributed by atoms with Crippen molar-refractivity contribution in [2.24, 2.45) is 0 Å². The molecule has 0 N–H and O–H groups in total. The van der Waals surface area contributed by atoms with Crippen LogP contribution in [0.25, 0.3) is 28.0 Å². The van der Waals surface area contributed by atoms with E-state index in [1.54, 1.807) is 0 Å². The van der Waals surface area contributed by atoms with Gasteiger partial charge in [0.15, 0.2) is 0 Å². The maximum atomic E-state index is 2.56. The van der Waals surface area contributed by atoms with Crippen LogP contribution in [0.3, 0.4) is 0 Å². The molecule has 3 aliphatic rings. The van der Waals surface area contributed by atoms with E-state index < -0.39 is 0 Å². The normalized spacial score (nSPS) is 17.5. The number of unbranched alkanes of at least 4 members (excludes halogenated alkanes) is 3. The fourth-order valence-electron chi connectivity index (χ4n) is 8.78. The van der Waals surface area contributed by atoms with Gasteiger partial charge in [-0.3, -0.25) is 0 Å². The molecule has 1 nitrogen and oxygen atoms in total. The molecule has 0 spiro atoms. The maximum Gasteiger partial charge on any atom is 0.0548 e. The van der Waals surface area contributed by atoms with Crippen molar-refractivity contribution < 1.29 is 0 Å². The molecule has 0 bridgehead atoms. The molecule has 50 heavy (non-hydrogen) atoms. The number of hydrogen-bond acceptors (Lipinski definition) is 1. The van der Waals surface area contributed by atoms with E-state index in [0.29, 0.717) is 6.04 Å². The lowest BCUT2D eigenvalue weighted by Crippen LogP contribution is -2.36. The third-order valence-electron chi connectivity index (χ3n) is 11.6. The quantitative estimate of drug-likeness (QED) is 0.136. The summed E-state index contributed by atoms with van der Waals surface area (Å²) in [5.41, 5.74) is 18.1. The predicted molar refractivity (Wildman–Crippen MR) is 213 cm³/mol. The van der Waals surface area contributed by atoms with E-state index in [0.717, 1.165) is 19.3 Å². The number of benzene rings is 5. The second-order valence-electron chi connectivity index (χ2n) is 15.1. The second kappa shape index (κ2) is 13.8. The number of hydrogen-bond donors (Lipinski definition) is 0. The van der Waals surface area contributed by atoms with Crippen molar-refractivity contribution in [3.8, 4) is 11.1 Å². The minimum atomic E-state index is -0.0155. The Balaban J connectivity index is 1.06. The summed E-state index contributed by atoms with van der Waals surface area (Å²) < 4.78 is 0. The second-order valence-corrected chi connectivity index (χ2v) is 15.1. The molecule has 8 rings (SSSR count). The Labute approximate surface area is 299 Å². The third kappa shape index (κ3) is 6.20. The Bertz CT molecular complexity index is 2090. The maximum absolute atomic E-state index is 2.56. The van der Waals surface area contributed by atoms with Crippen LogP contribution in [0.1, 0.15) is 91.3 Å². The molecule has 1 atom stereocenters. The molecular formula is C49H49N. The van der Waals surface area contributed by atoms with Crippen molar-refractivity contribution >= 4 is 16.8 Å². The number of allylic oxidation sites excluding steroid dienone is 3. The van der Waals surface area contributed by atoms with Gasteiger partial charge in [-0.15, -0.1) is 0 Å². The summed E-state index contributed by atoms with van der Waals surface area (Å²) >= 11 is 0. The van der Waals surface area contributed by atoms with Gasteiger partial charge in [0.25, 0.3) is 0 Å². The van der Waals surface area contributed by atoms with Gasteiger partial charge < -0.3 is 4.90 Å². The fourth-order valence-corrected chi connectivity index (χ4v) is 8.78. The Morgan fingerprint density at radius 1 is 0.580 bits per heavy atom. The lowest BCUT2D eigenvalue weighted by molar-refractivity contribution is 0.370. The van der Waals surface area contributed by atoms with E-state index in [-0.39, 0.29) is 5.41 Å². The van der Waals surface area contributed by atoms with Crippen LogP contribution in [0, 0.1) is 0 Å². The van der Waals surface area contributed by atoms with E-state index >= 15 is 0 Å². The highest BCUT2D eigenvalue weighted by Crippen LogP contribution is 2.50. The van der Waals surface area contributed by atoms with Gasteiger partial charge in [0.1, 0.15) is 0 Å². The highest BCUT2D eigenvalue weighted by Gasteiger charge is 2.37. The summed E-state index contributed by atoms with van der Waals surface area (Å²) in [5.74, 6) is 0. The monoisotopic (exact) mass is 651 g/mol. The molecule has 0 amide bonds. The fraction of sp³-hybridized carbons (Fsp3) is 0.265. The molecule has 0 saturated carbocycles. The molecule has 0 saturated heterocycles. The van der Waals surface area contributed by atoms with E-state index in [4.69, 9.17) is 0 Å². The van der Waals surface area contributed by atoms with E-state index in [1.807, 2.05) is 0 Å². The summed E-state index contributed by atoms with van der Waals surface area (Å²) in [6.07, 6.45) is 14.7. The number of rotatable bonds is 10. The molecule has 1 heteroatoms. The third-order valence-corrected chi connectivity index (χ3v) is 11.6. The average Bonchev–Trinajstić information content (AvgIpc) is 3.39. The minimum absolute atomic E-state index is 0.0155. The SMILES string of the molecule is CN1C(c2ccc3c(c2)C(C)(C)c2ccccc2-3)=CC(c2ccccc2)=C2C=C(c3cccc(CCCCCCc4ccccc4)c3)CCC21. The Morgan fingerprint density at radius 2 is 1.24 bits per heavy atom. The molecule has 2 aliphatic carbocycles. The number of nitrogens with zero attached hydrogens (tertiary/aromatic N) is 1. The van der Waals surface area contributed by atoms with Crippen LogP contribution < -0.4 is 0 Å². The highest BCUT2D eigenvalue weighted by atomic mass is 15.1. The number of aryl methyl sites for hydroxylation is 2. The molecule has 1 aliphatic heterocycles. The van der Waals surface area contributed by atoms with Gasteiger partial charge in [0, 0.05) is 18.2 Å². The first kappa shape index (κ1) is 32.3. The zero-order chi connectivity index (χ0) is 34.1. The summed E-state index contributed by atoms with van der Waals surface area (Å²) in [5, 5.41) is 0. The van der Waals surface area contributed by atoms with Crippen molar-refractivity contribution in [2.45, 2.75) is 76.7 Å². The van der Waals surface area contributed by atoms with E-state index in [9.17, 15) is 0 Å². The predicted octanol–water partition coefficient (Wildman–Crippen LogP) is 12.3. The lowest BCUT2D eigenvalue weighted by atomic mass is 9.79. The van der Waals surface area contributed by atoms with E-state index in [1.165, 1.54) is 105 Å². The zero-order valence-corrected chi connectivity index (χ0v) is 30.0. The summed E-state index contributed by atoms with van der Waals surface area (Å²) in [6.45, 7) is 4.76. The van der Waals surface area contributed by atoms with Gasteiger partial charge in [0.05, 0.1) is 6.04 Å².